The maximum Gasteiger partial charge on any atom is 0.229 e. The average Bonchev–Trinajstić information content (AvgIpc) is 3.17. The molecule has 0 aromatic carbocycles. The van der Waals surface area contributed by atoms with E-state index in [4.69, 9.17) is 24.4 Å². The fourth-order valence-corrected chi connectivity index (χ4v) is 1.30. The van der Waals surface area contributed by atoms with E-state index in [0.717, 1.165) is 0 Å². The van der Waals surface area contributed by atoms with Crippen LogP contribution in [-0.4, -0.2) is 73.6 Å². The highest BCUT2D eigenvalue weighted by Gasteiger charge is 2.32. The summed E-state index contributed by atoms with van der Waals surface area (Å²) in [4.78, 5) is 23.0. The molecule has 0 radical (unpaired) electrons. The molecule has 2 atom stereocenters. The molecule has 7 nitrogen and oxygen atoms in total. The summed E-state index contributed by atoms with van der Waals surface area (Å²) in [5, 5.41) is 17.4. The Hall–Kier alpha value is -0.860. The van der Waals surface area contributed by atoms with Crippen LogP contribution in [0.25, 0.3) is 0 Å². The maximum absolute atomic E-state index is 11.6. The van der Waals surface area contributed by atoms with Crippen molar-refractivity contribution in [2.75, 3.05) is 39.6 Å². The lowest BCUT2D eigenvalue weighted by atomic mass is 10.1. The molecule has 0 aromatic heterocycles. The zero-order valence-corrected chi connectivity index (χ0v) is 10.0. The summed E-state index contributed by atoms with van der Waals surface area (Å²) in [6, 6.07) is 0. The minimum atomic E-state index is -1.14. The summed E-state index contributed by atoms with van der Waals surface area (Å²) >= 11 is 0. The van der Waals surface area contributed by atoms with E-state index >= 15 is 0 Å². The van der Waals surface area contributed by atoms with E-state index in [2.05, 4.69) is 0 Å². The SMILES string of the molecule is O=C(CC1CO1)C(=O)C(CO)OCCOCCO. The summed E-state index contributed by atoms with van der Waals surface area (Å²) in [5.41, 5.74) is 0. The molecule has 7 heteroatoms. The van der Waals surface area contributed by atoms with Crippen molar-refractivity contribution < 1.29 is 34.0 Å². The molecule has 0 aliphatic carbocycles. The molecule has 0 amide bonds. The molecule has 18 heavy (non-hydrogen) atoms. The number of hydrogen-bond donors (Lipinski definition) is 2. The van der Waals surface area contributed by atoms with Crippen LogP contribution in [0.5, 0.6) is 0 Å². The van der Waals surface area contributed by atoms with E-state index in [9.17, 15) is 9.59 Å². The van der Waals surface area contributed by atoms with Crippen LogP contribution >= 0.6 is 0 Å². The number of Topliss-reactive ketones (excluding diaryl/α,β-unsaturated/α-hetero) is 2. The lowest BCUT2D eigenvalue weighted by Gasteiger charge is -2.13. The van der Waals surface area contributed by atoms with Gasteiger partial charge in [-0.05, 0) is 0 Å². The van der Waals surface area contributed by atoms with Gasteiger partial charge in [-0.15, -0.1) is 0 Å². The summed E-state index contributed by atoms with van der Waals surface area (Å²) in [6.45, 7) is 0.296. The molecule has 1 saturated heterocycles. The lowest BCUT2D eigenvalue weighted by molar-refractivity contribution is -0.146. The van der Waals surface area contributed by atoms with Gasteiger partial charge < -0.3 is 24.4 Å². The van der Waals surface area contributed by atoms with Gasteiger partial charge in [0.05, 0.1) is 45.7 Å². The molecular formula is C11H18O7. The van der Waals surface area contributed by atoms with Crippen molar-refractivity contribution in [3.05, 3.63) is 0 Å². The highest BCUT2D eigenvalue weighted by molar-refractivity contribution is 6.39. The van der Waals surface area contributed by atoms with Crippen molar-refractivity contribution in [3.8, 4) is 0 Å². The van der Waals surface area contributed by atoms with Crippen molar-refractivity contribution in [3.63, 3.8) is 0 Å². The minimum Gasteiger partial charge on any atom is -0.394 e. The molecule has 0 bridgehead atoms. The fourth-order valence-electron chi connectivity index (χ4n) is 1.30. The Balaban J connectivity index is 2.21. The Bertz CT molecular complexity index is 275. The molecule has 1 rings (SSSR count). The Labute approximate surface area is 105 Å². The fraction of sp³-hybridized carbons (Fsp3) is 0.818. The Morgan fingerprint density at radius 3 is 2.56 bits per heavy atom. The molecule has 104 valence electrons. The van der Waals surface area contributed by atoms with Gasteiger partial charge in [0.25, 0.3) is 0 Å². The molecule has 1 aliphatic rings. The molecule has 2 N–H and O–H groups in total. The maximum atomic E-state index is 11.6. The highest BCUT2D eigenvalue weighted by atomic mass is 16.6. The molecular weight excluding hydrogens is 244 g/mol. The first-order valence-corrected chi connectivity index (χ1v) is 5.78. The number of carbonyl (C=O) groups excluding carboxylic acids is 2. The first-order valence-electron chi connectivity index (χ1n) is 5.78. The smallest absolute Gasteiger partial charge is 0.229 e. The minimum absolute atomic E-state index is 0.0414. The second kappa shape index (κ2) is 8.28. The van der Waals surface area contributed by atoms with Crippen LogP contribution in [-0.2, 0) is 23.8 Å². The zero-order chi connectivity index (χ0) is 13.4. The summed E-state index contributed by atoms with van der Waals surface area (Å²) in [7, 11) is 0. The summed E-state index contributed by atoms with van der Waals surface area (Å²) in [5.74, 6) is -1.33. The normalized spacial score (nSPS) is 19.6. The van der Waals surface area contributed by atoms with Gasteiger partial charge in [-0.1, -0.05) is 0 Å². The summed E-state index contributed by atoms with van der Waals surface area (Å²) < 4.78 is 14.8. The van der Waals surface area contributed by atoms with Crippen LogP contribution < -0.4 is 0 Å². The first kappa shape index (κ1) is 15.2. The number of rotatable bonds is 11. The van der Waals surface area contributed by atoms with E-state index < -0.39 is 24.3 Å². The van der Waals surface area contributed by atoms with E-state index in [1.54, 1.807) is 0 Å². The molecule has 1 heterocycles. The Kier molecular flexibility index (Phi) is 6.99. The van der Waals surface area contributed by atoms with E-state index in [0.29, 0.717) is 6.61 Å². The highest BCUT2D eigenvalue weighted by Crippen LogP contribution is 2.14. The van der Waals surface area contributed by atoms with Gasteiger partial charge in [0.2, 0.25) is 11.6 Å². The quantitative estimate of drug-likeness (QED) is 0.260. The third-order valence-corrected chi connectivity index (χ3v) is 2.33. The van der Waals surface area contributed by atoms with Crippen LogP contribution in [0.4, 0.5) is 0 Å². The van der Waals surface area contributed by atoms with Gasteiger partial charge in [-0.3, -0.25) is 9.59 Å². The predicted molar refractivity (Wildman–Crippen MR) is 59.1 cm³/mol. The van der Waals surface area contributed by atoms with Gasteiger partial charge in [0.15, 0.2) is 0 Å². The average molecular weight is 262 g/mol. The van der Waals surface area contributed by atoms with Crippen LogP contribution in [0, 0.1) is 0 Å². The van der Waals surface area contributed by atoms with Crippen LogP contribution in [0.3, 0.4) is 0 Å². The van der Waals surface area contributed by atoms with Gasteiger partial charge >= 0.3 is 0 Å². The number of hydrogen-bond acceptors (Lipinski definition) is 7. The second-order valence-corrected chi connectivity index (χ2v) is 3.82. The number of ether oxygens (including phenoxy) is 3. The topological polar surface area (TPSA) is 106 Å². The summed E-state index contributed by atoms with van der Waals surface area (Å²) in [6.07, 6.45) is -1.26. The largest absolute Gasteiger partial charge is 0.394 e. The monoisotopic (exact) mass is 262 g/mol. The van der Waals surface area contributed by atoms with Crippen LogP contribution in [0.1, 0.15) is 6.42 Å². The van der Waals surface area contributed by atoms with Crippen molar-refractivity contribution in [1.29, 1.82) is 0 Å². The number of ketones is 2. The molecule has 0 aromatic rings. The van der Waals surface area contributed by atoms with E-state index in [1.807, 2.05) is 0 Å². The number of aliphatic hydroxyl groups excluding tert-OH is 2. The predicted octanol–water partition coefficient (Wildman–Crippen LogP) is -1.70. The standard InChI is InChI=1S/C11H18O7/c12-1-2-16-3-4-17-10(6-13)11(15)9(14)5-8-7-18-8/h8,10,12-13H,1-7H2. The number of carbonyl (C=O) groups is 2. The molecule has 0 saturated carbocycles. The molecule has 0 spiro atoms. The molecule has 1 fully saturated rings. The van der Waals surface area contributed by atoms with Crippen molar-refractivity contribution in [1.82, 2.24) is 0 Å². The van der Waals surface area contributed by atoms with E-state index in [1.165, 1.54) is 0 Å². The van der Waals surface area contributed by atoms with Crippen molar-refractivity contribution in [2.45, 2.75) is 18.6 Å². The molecule has 2 unspecified atom stereocenters. The number of epoxide rings is 1. The second-order valence-electron chi connectivity index (χ2n) is 3.82. The van der Waals surface area contributed by atoms with Crippen LogP contribution in [0.2, 0.25) is 0 Å². The van der Waals surface area contributed by atoms with Crippen molar-refractivity contribution >= 4 is 11.6 Å². The third-order valence-electron chi connectivity index (χ3n) is 2.33. The number of aliphatic hydroxyl groups is 2. The van der Waals surface area contributed by atoms with Gasteiger partial charge in [-0.2, -0.15) is 0 Å². The van der Waals surface area contributed by atoms with Gasteiger partial charge in [-0.25, -0.2) is 0 Å². The lowest BCUT2D eigenvalue weighted by Crippen LogP contribution is -2.35. The Morgan fingerprint density at radius 2 is 2.00 bits per heavy atom. The molecule has 1 aliphatic heterocycles. The van der Waals surface area contributed by atoms with E-state index in [-0.39, 0.29) is 39.0 Å². The van der Waals surface area contributed by atoms with Crippen molar-refractivity contribution in [2.24, 2.45) is 0 Å². The van der Waals surface area contributed by atoms with Crippen LogP contribution in [0.15, 0.2) is 0 Å². The first-order chi connectivity index (χ1) is 8.69. The Morgan fingerprint density at radius 1 is 1.28 bits per heavy atom. The van der Waals surface area contributed by atoms with Gasteiger partial charge in [0, 0.05) is 6.42 Å². The third kappa shape index (κ3) is 5.65. The zero-order valence-electron chi connectivity index (χ0n) is 10.0. The van der Waals surface area contributed by atoms with Gasteiger partial charge in [0.1, 0.15) is 6.10 Å².